The molecule has 0 bridgehead atoms. The number of halogens is 1. The van der Waals surface area contributed by atoms with E-state index in [1.165, 1.54) is 10.3 Å². The third-order valence-electron chi connectivity index (χ3n) is 2.53. The van der Waals surface area contributed by atoms with Gasteiger partial charge in [0.1, 0.15) is 10.0 Å². The average Bonchev–Trinajstić information content (AvgIpc) is 2.76. The number of rotatable bonds is 3. The van der Waals surface area contributed by atoms with E-state index >= 15 is 0 Å². The molecule has 1 aliphatic rings. The summed E-state index contributed by atoms with van der Waals surface area (Å²) in [5.74, 6) is 0. The average molecular weight is 331 g/mol. The van der Waals surface area contributed by atoms with Crippen LogP contribution in [-0.2, 0) is 0 Å². The zero-order valence-electron chi connectivity index (χ0n) is 10.4. The van der Waals surface area contributed by atoms with E-state index in [2.05, 4.69) is 10.5 Å². The monoisotopic (exact) mass is 330 g/mol. The van der Waals surface area contributed by atoms with E-state index in [4.69, 9.17) is 17.3 Å². The second-order valence-electron chi connectivity index (χ2n) is 3.88. The normalized spacial score (nSPS) is 16.1. The molecule has 0 saturated carbocycles. The van der Waals surface area contributed by atoms with E-state index in [0.717, 1.165) is 16.0 Å². The molecule has 0 radical (unpaired) electrons. The molecule has 1 heterocycles. The molecule has 1 aromatic rings. The van der Waals surface area contributed by atoms with E-state index in [9.17, 15) is 9.59 Å². The lowest BCUT2D eigenvalue weighted by Crippen LogP contribution is -2.26. The van der Waals surface area contributed by atoms with Crippen LogP contribution in [0.3, 0.4) is 0 Å². The van der Waals surface area contributed by atoms with Crippen molar-refractivity contribution in [1.29, 1.82) is 0 Å². The topological polar surface area (TPSA) is 87.8 Å². The van der Waals surface area contributed by atoms with Gasteiger partial charge in [-0.25, -0.2) is 10.2 Å². The summed E-state index contributed by atoms with van der Waals surface area (Å²) < 4.78 is -0.133. The Bertz CT molecular complexity index is 674. The molecular weight excluding hydrogens is 320 g/mol. The predicted octanol–water partition coefficient (Wildman–Crippen LogP) is 2.13. The fourth-order valence-corrected chi connectivity index (χ4v) is 4.25. The Hall–Kier alpha value is -1.64. The number of hydrogen-bond acceptors (Lipinski definition) is 6. The summed E-state index contributed by atoms with van der Waals surface area (Å²) in [7, 11) is 4.29. The number of likely N-dealkylation sites (N-methyl/N-ethyl adjacent to an activating group) is 1. The van der Waals surface area contributed by atoms with E-state index in [1.807, 2.05) is 24.1 Å². The highest BCUT2D eigenvalue weighted by molar-refractivity contribution is 7.70. The Morgan fingerprint density at radius 1 is 1.50 bits per heavy atom. The molecule has 0 aliphatic heterocycles. The summed E-state index contributed by atoms with van der Waals surface area (Å²) in [5.41, 5.74) is 8.70. The SMILES string of the molecule is CN(C1=CCC(=NNC(N)=O)C=C1)c1ssc(=O)c1Cl. The molecule has 0 spiro atoms. The quantitative estimate of drug-likeness (QED) is 0.657. The first kappa shape index (κ1) is 14.8. The van der Waals surface area contributed by atoms with Crippen LogP contribution < -0.4 is 20.8 Å². The van der Waals surface area contributed by atoms with Crippen molar-refractivity contribution in [1.82, 2.24) is 5.43 Å². The number of hydrazone groups is 1. The smallest absolute Gasteiger partial charge is 0.332 e. The van der Waals surface area contributed by atoms with E-state index in [-0.39, 0.29) is 9.77 Å². The number of carbonyl (C=O) groups excluding carboxylic acids is 1. The molecule has 2 amide bonds. The minimum absolute atomic E-state index is 0.133. The van der Waals surface area contributed by atoms with Crippen LogP contribution in [0.5, 0.6) is 0 Å². The molecule has 106 valence electrons. The number of allylic oxidation sites excluding steroid dienone is 3. The van der Waals surface area contributed by atoms with Crippen molar-refractivity contribution in [3.63, 3.8) is 0 Å². The van der Waals surface area contributed by atoms with Gasteiger partial charge >= 0.3 is 6.03 Å². The molecule has 6 nitrogen and oxygen atoms in total. The number of urea groups is 1. The third-order valence-corrected chi connectivity index (χ3v) is 5.36. The van der Waals surface area contributed by atoms with Crippen LogP contribution in [0.15, 0.2) is 33.8 Å². The maximum absolute atomic E-state index is 11.4. The maximum Gasteiger partial charge on any atom is 0.332 e. The molecule has 0 fully saturated rings. The van der Waals surface area contributed by atoms with Gasteiger partial charge in [0, 0.05) is 19.2 Å². The summed E-state index contributed by atoms with van der Waals surface area (Å²) in [6, 6.07) is -0.701. The van der Waals surface area contributed by atoms with Gasteiger partial charge in [0.05, 0.1) is 5.71 Å². The van der Waals surface area contributed by atoms with Gasteiger partial charge in [0.25, 0.3) is 4.74 Å². The van der Waals surface area contributed by atoms with Gasteiger partial charge in [-0.15, -0.1) is 0 Å². The Labute approximate surface area is 127 Å². The number of hydrogen-bond donors (Lipinski definition) is 2. The fourth-order valence-electron chi connectivity index (χ4n) is 1.54. The first-order valence-electron chi connectivity index (χ1n) is 5.51. The van der Waals surface area contributed by atoms with Crippen molar-refractivity contribution >= 4 is 49.0 Å². The van der Waals surface area contributed by atoms with Crippen molar-refractivity contribution in [3.8, 4) is 0 Å². The second kappa shape index (κ2) is 6.21. The van der Waals surface area contributed by atoms with Crippen LogP contribution in [0.4, 0.5) is 9.80 Å². The molecule has 0 aromatic carbocycles. The minimum Gasteiger partial charge on any atom is -0.350 e. The Kier molecular flexibility index (Phi) is 4.58. The summed E-state index contributed by atoms with van der Waals surface area (Å²) in [6.45, 7) is 0. The highest BCUT2D eigenvalue weighted by atomic mass is 35.5. The Morgan fingerprint density at radius 3 is 2.75 bits per heavy atom. The molecule has 3 N–H and O–H groups in total. The van der Waals surface area contributed by atoms with Crippen LogP contribution in [-0.4, -0.2) is 18.8 Å². The number of nitrogens with zero attached hydrogens (tertiary/aromatic N) is 2. The highest BCUT2D eigenvalue weighted by Crippen LogP contribution is 2.33. The van der Waals surface area contributed by atoms with Crippen LogP contribution in [0.1, 0.15) is 6.42 Å². The van der Waals surface area contributed by atoms with Gasteiger partial charge < -0.3 is 10.6 Å². The second-order valence-corrected chi connectivity index (χ2v) is 6.35. The number of nitrogens with one attached hydrogen (secondary N) is 1. The molecule has 20 heavy (non-hydrogen) atoms. The number of carbonyl (C=O) groups is 1. The maximum atomic E-state index is 11.4. The van der Waals surface area contributed by atoms with E-state index < -0.39 is 6.03 Å². The summed E-state index contributed by atoms with van der Waals surface area (Å²) in [4.78, 5) is 23.8. The lowest BCUT2D eigenvalue weighted by Gasteiger charge is -2.20. The van der Waals surface area contributed by atoms with Gasteiger partial charge in [0.15, 0.2) is 0 Å². The molecule has 2 rings (SSSR count). The first-order chi connectivity index (χ1) is 9.49. The molecule has 0 saturated heterocycles. The molecule has 0 unspecified atom stereocenters. The van der Waals surface area contributed by atoms with Crippen molar-refractivity contribution in [3.05, 3.63) is 38.5 Å². The van der Waals surface area contributed by atoms with Crippen LogP contribution >= 0.6 is 32.3 Å². The van der Waals surface area contributed by atoms with Gasteiger partial charge in [-0.05, 0) is 22.5 Å². The zero-order chi connectivity index (χ0) is 14.7. The Balaban J connectivity index is 2.11. The number of nitrogens with two attached hydrogens (primary N) is 1. The fraction of sp³-hybridized carbons (Fsp3) is 0.182. The molecule has 0 atom stereocenters. The largest absolute Gasteiger partial charge is 0.350 e. The van der Waals surface area contributed by atoms with Gasteiger partial charge in [-0.3, -0.25) is 4.79 Å². The summed E-state index contributed by atoms with van der Waals surface area (Å²) in [6.07, 6.45) is 6.07. The van der Waals surface area contributed by atoms with Crippen molar-refractivity contribution in [2.75, 3.05) is 11.9 Å². The standard InChI is InChI=1S/C11H11ClN4O2S2/c1-16(9-8(12)10(17)20-19-9)7-4-2-6(3-5-7)14-15-11(13)18/h2,4-5H,3H2,1H3,(H3,13,15,18). The number of amides is 2. The van der Waals surface area contributed by atoms with Gasteiger partial charge in [0.2, 0.25) is 0 Å². The highest BCUT2D eigenvalue weighted by Gasteiger charge is 2.16. The molecule has 9 heteroatoms. The van der Waals surface area contributed by atoms with Crippen molar-refractivity contribution in [2.24, 2.45) is 10.8 Å². The van der Waals surface area contributed by atoms with Crippen LogP contribution in [0, 0.1) is 0 Å². The number of anilines is 1. The molecular formula is C11H11ClN4O2S2. The third kappa shape index (κ3) is 3.27. The first-order valence-corrected chi connectivity index (χ1v) is 8.04. The number of primary amides is 1. The Morgan fingerprint density at radius 2 is 2.25 bits per heavy atom. The zero-order valence-corrected chi connectivity index (χ0v) is 12.8. The molecule has 1 aromatic heterocycles. The van der Waals surface area contributed by atoms with Crippen LogP contribution in [0.2, 0.25) is 5.02 Å². The van der Waals surface area contributed by atoms with Crippen molar-refractivity contribution in [2.45, 2.75) is 6.42 Å². The minimum atomic E-state index is -0.701. The molecule has 1 aliphatic carbocycles. The summed E-state index contributed by atoms with van der Waals surface area (Å²) >= 11 is 5.97. The lowest BCUT2D eigenvalue weighted by molar-refractivity contribution is 0.249. The summed E-state index contributed by atoms with van der Waals surface area (Å²) in [5, 5.41) is 4.80. The van der Waals surface area contributed by atoms with Gasteiger partial charge in [-0.1, -0.05) is 28.0 Å². The van der Waals surface area contributed by atoms with Crippen LogP contribution in [0.25, 0.3) is 0 Å². The van der Waals surface area contributed by atoms with E-state index in [0.29, 0.717) is 17.1 Å². The lowest BCUT2D eigenvalue weighted by atomic mass is 10.1. The van der Waals surface area contributed by atoms with Crippen molar-refractivity contribution < 1.29 is 4.79 Å². The van der Waals surface area contributed by atoms with E-state index in [1.54, 1.807) is 6.08 Å². The predicted molar refractivity (Wildman–Crippen MR) is 83.9 cm³/mol. The van der Waals surface area contributed by atoms with Gasteiger partial charge in [-0.2, -0.15) is 5.10 Å².